The molecule has 0 bridgehead atoms. The Hall–Kier alpha value is -2.87. The van der Waals surface area contributed by atoms with Crippen LogP contribution in [0.2, 0.25) is 0 Å². The normalized spacial score (nSPS) is 9.43. The SMILES string of the molecule is O=C(OCc1ccccc1)c1ccccc1.[CH2]c1ccccc1. The molecule has 0 aliphatic heterocycles. The zero-order valence-electron chi connectivity index (χ0n) is 12.9. The molecule has 0 saturated carbocycles. The van der Waals surface area contributed by atoms with E-state index in [0.29, 0.717) is 12.2 Å². The predicted octanol–water partition coefficient (Wildman–Crippen LogP) is 4.91. The molecule has 0 heterocycles. The molecule has 0 saturated heterocycles. The molecule has 2 heteroatoms. The average Bonchev–Trinajstić information content (AvgIpc) is 2.62. The van der Waals surface area contributed by atoms with Crippen molar-refractivity contribution in [2.45, 2.75) is 6.61 Å². The fraction of sp³-hybridized carbons (Fsp3) is 0.0476. The van der Waals surface area contributed by atoms with Gasteiger partial charge in [0.2, 0.25) is 0 Å². The molecular formula is C21H19O2. The van der Waals surface area contributed by atoms with Crippen molar-refractivity contribution in [2.75, 3.05) is 0 Å². The van der Waals surface area contributed by atoms with Crippen molar-refractivity contribution >= 4 is 5.97 Å². The van der Waals surface area contributed by atoms with Crippen LogP contribution in [0.1, 0.15) is 21.5 Å². The summed E-state index contributed by atoms with van der Waals surface area (Å²) in [5, 5.41) is 0. The molecule has 0 aliphatic rings. The molecule has 23 heavy (non-hydrogen) atoms. The lowest BCUT2D eigenvalue weighted by Crippen LogP contribution is -2.04. The van der Waals surface area contributed by atoms with E-state index in [1.54, 1.807) is 12.1 Å². The van der Waals surface area contributed by atoms with Crippen molar-refractivity contribution in [1.29, 1.82) is 0 Å². The molecule has 1 radical (unpaired) electrons. The van der Waals surface area contributed by atoms with Crippen molar-refractivity contribution in [2.24, 2.45) is 0 Å². The molecule has 0 N–H and O–H groups in total. The minimum Gasteiger partial charge on any atom is -0.457 e. The summed E-state index contributed by atoms with van der Waals surface area (Å²) in [5.41, 5.74) is 2.65. The van der Waals surface area contributed by atoms with Crippen molar-refractivity contribution in [3.63, 3.8) is 0 Å². The monoisotopic (exact) mass is 303 g/mol. The maximum Gasteiger partial charge on any atom is 0.338 e. The van der Waals surface area contributed by atoms with E-state index in [-0.39, 0.29) is 5.97 Å². The second-order valence-corrected chi connectivity index (χ2v) is 4.91. The number of benzene rings is 3. The zero-order valence-corrected chi connectivity index (χ0v) is 12.9. The van der Waals surface area contributed by atoms with Crippen LogP contribution in [0.25, 0.3) is 0 Å². The smallest absolute Gasteiger partial charge is 0.338 e. The quantitative estimate of drug-likeness (QED) is 0.642. The van der Waals surface area contributed by atoms with Crippen LogP contribution < -0.4 is 0 Å². The number of carbonyl (C=O) groups excluding carboxylic acids is 1. The minimum absolute atomic E-state index is 0.288. The molecular weight excluding hydrogens is 284 g/mol. The number of ether oxygens (including phenoxy) is 1. The lowest BCUT2D eigenvalue weighted by Gasteiger charge is -2.04. The summed E-state index contributed by atoms with van der Waals surface area (Å²) in [7, 11) is 0. The summed E-state index contributed by atoms with van der Waals surface area (Å²) < 4.78 is 5.18. The Morgan fingerprint density at radius 3 is 1.70 bits per heavy atom. The van der Waals surface area contributed by atoms with Crippen LogP contribution in [0, 0.1) is 6.92 Å². The summed E-state index contributed by atoms with van der Waals surface area (Å²) in [6.07, 6.45) is 0. The van der Waals surface area contributed by atoms with E-state index in [0.717, 1.165) is 11.1 Å². The Labute approximate surface area is 137 Å². The summed E-state index contributed by atoms with van der Waals surface area (Å²) in [4.78, 5) is 11.6. The third-order valence-electron chi connectivity index (χ3n) is 3.07. The van der Waals surface area contributed by atoms with E-state index >= 15 is 0 Å². The number of hydrogen-bond donors (Lipinski definition) is 0. The summed E-state index contributed by atoms with van der Waals surface area (Å²) >= 11 is 0. The van der Waals surface area contributed by atoms with Gasteiger partial charge < -0.3 is 4.74 Å². The third-order valence-corrected chi connectivity index (χ3v) is 3.07. The van der Waals surface area contributed by atoms with Gasteiger partial charge in [0, 0.05) is 0 Å². The van der Waals surface area contributed by atoms with E-state index in [1.165, 1.54) is 0 Å². The third kappa shape index (κ3) is 6.18. The maximum absolute atomic E-state index is 11.6. The molecule has 0 unspecified atom stereocenters. The molecule has 0 spiro atoms. The molecule has 0 fully saturated rings. The maximum atomic E-state index is 11.6. The van der Waals surface area contributed by atoms with Crippen LogP contribution >= 0.6 is 0 Å². The molecule has 3 aromatic rings. The van der Waals surface area contributed by atoms with Gasteiger partial charge in [0.25, 0.3) is 0 Å². The highest BCUT2D eigenvalue weighted by molar-refractivity contribution is 5.89. The van der Waals surface area contributed by atoms with Gasteiger partial charge in [0.05, 0.1) is 5.56 Å². The highest BCUT2D eigenvalue weighted by Crippen LogP contribution is 2.05. The number of hydrogen-bond acceptors (Lipinski definition) is 2. The molecule has 0 amide bonds. The Morgan fingerprint density at radius 2 is 1.22 bits per heavy atom. The van der Waals surface area contributed by atoms with E-state index < -0.39 is 0 Å². The highest BCUT2D eigenvalue weighted by atomic mass is 16.5. The van der Waals surface area contributed by atoms with Crippen LogP contribution in [-0.4, -0.2) is 5.97 Å². The number of carbonyl (C=O) groups is 1. The Kier molecular flexibility index (Phi) is 6.61. The Bertz CT molecular complexity index is 692. The molecule has 0 aromatic heterocycles. The Morgan fingerprint density at radius 1 is 0.739 bits per heavy atom. The number of esters is 1. The molecule has 0 aliphatic carbocycles. The molecule has 3 rings (SSSR count). The van der Waals surface area contributed by atoms with E-state index in [9.17, 15) is 4.79 Å². The van der Waals surface area contributed by atoms with Gasteiger partial charge in [-0.15, -0.1) is 0 Å². The fourth-order valence-corrected chi connectivity index (χ4v) is 1.86. The van der Waals surface area contributed by atoms with E-state index in [2.05, 4.69) is 6.92 Å². The second kappa shape index (κ2) is 9.21. The van der Waals surface area contributed by atoms with Crippen molar-refractivity contribution < 1.29 is 9.53 Å². The molecule has 115 valence electrons. The lowest BCUT2D eigenvalue weighted by molar-refractivity contribution is 0.0472. The summed E-state index contributed by atoms with van der Waals surface area (Å²) in [6.45, 7) is 4.03. The van der Waals surface area contributed by atoms with E-state index in [1.807, 2.05) is 78.9 Å². The van der Waals surface area contributed by atoms with Gasteiger partial charge in [-0.3, -0.25) is 0 Å². The van der Waals surface area contributed by atoms with Crippen LogP contribution in [0.15, 0.2) is 91.0 Å². The molecule has 0 atom stereocenters. The van der Waals surface area contributed by atoms with Crippen molar-refractivity contribution in [1.82, 2.24) is 0 Å². The summed E-state index contributed by atoms with van der Waals surface area (Å²) in [5.74, 6) is -0.288. The lowest BCUT2D eigenvalue weighted by atomic mass is 10.2. The topological polar surface area (TPSA) is 26.3 Å². The van der Waals surface area contributed by atoms with Crippen LogP contribution in [0.3, 0.4) is 0 Å². The first-order valence-electron chi connectivity index (χ1n) is 7.39. The Balaban J connectivity index is 0.000000229. The predicted molar refractivity (Wildman–Crippen MR) is 92.9 cm³/mol. The van der Waals surface area contributed by atoms with Gasteiger partial charge in [-0.1, -0.05) is 78.9 Å². The van der Waals surface area contributed by atoms with Gasteiger partial charge in [-0.05, 0) is 30.2 Å². The van der Waals surface area contributed by atoms with Crippen molar-refractivity contribution in [3.05, 3.63) is 115 Å². The van der Waals surface area contributed by atoms with Gasteiger partial charge in [0.15, 0.2) is 0 Å². The number of rotatable bonds is 3. The zero-order chi connectivity index (χ0) is 16.3. The van der Waals surface area contributed by atoms with Gasteiger partial charge in [0.1, 0.15) is 6.61 Å². The standard InChI is InChI=1S/C14H12O2.C7H7/c15-14(13-9-5-2-6-10-13)16-11-12-7-3-1-4-8-12;1-7-5-3-2-4-6-7/h1-10H,11H2;2-6H,1H2. The first-order chi connectivity index (χ1) is 11.3. The first-order valence-corrected chi connectivity index (χ1v) is 7.39. The van der Waals surface area contributed by atoms with Crippen molar-refractivity contribution in [3.8, 4) is 0 Å². The molecule has 3 aromatic carbocycles. The molecule has 2 nitrogen and oxygen atoms in total. The average molecular weight is 303 g/mol. The van der Waals surface area contributed by atoms with E-state index in [4.69, 9.17) is 4.74 Å². The van der Waals surface area contributed by atoms with Gasteiger partial charge >= 0.3 is 5.97 Å². The highest BCUT2D eigenvalue weighted by Gasteiger charge is 2.05. The van der Waals surface area contributed by atoms with Crippen LogP contribution in [0.5, 0.6) is 0 Å². The van der Waals surface area contributed by atoms with Crippen LogP contribution in [-0.2, 0) is 11.3 Å². The second-order valence-electron chi connectivity index (χ2n) is 4.91. The van der Waals surface area contributed by atoms with Gasteiger partial charge in [-0.2, -0.15) is 0 Å². The largest absolute Gasteiger partial charge is 0.457 e. The first kappa shape index (κ1) is 16.5. The van der Waals surface area contributed by atoms with Gasteiger partial charge in [-0.25, -0.2) is 4.79 Å². The fourth-order valence-electron chi connectivity index (χ4n) is 1.86. The minimum atomic E-state index is -0.288. The van der Waals surface area contributed by atoms with Crippen LogP contribution in [0.4, 0.5) is 0 Å². The summed E-state index contributed by atoms with van der Waals surface area (Å²) in [6, 6.07) is 28.5.